The van der Waals surface area contributed by atoms with Crippen LogP contribution < -0.4 is 5.32 Å². The molecule has 21 heavy (non-hydrogen) atoms. The normalized spacial score (nSPS) is 33.2. The topological polar surface area (TPSA) is 42.3 Å². The van der Waals surface area contributed by atoms with Crippen LogP contribution in [0.1, 0.15) is 38.5 Å². The molecule has 4 heterocycles. The maximum atomic E-state index is 5.68. The highest BCUT2D eigenvalue weighted by atomic mass is 16.5. The fraction of sp³-hybridized carbons (Fsp3) is 0.812. The quantitative estimate of drug-likeness (QED) is 0.922. The molecule has 0 bridgehead atoms. The predicted molar refractivity (Wildman–Crippen MR) is 82.4 cm³/mol. The highest BCUT2D eigenvalue weighted by molar-refractivity contribution is 5.39. The minimum Gasteiger partial charge on any atom is -0.380 e. The zero-order chi connectivity index (χ0) is 14.1. The van der Waals surface area contributed by atoms with Crippen molar-refractivity contribution in [2.45, 2.75) is 63.3 Å². The van der Waals surface area contributed by atoms with Gasteiger partial charge in [0.15, 0.2) is 0 Å². The van der Waals surface area contributed by atoms with Gasteiger partial charge in [0.25, 0.3) is 0 Å². The lowest BCUT2D eigenvalue weighted by Crippen LogP contribution is -2.42. The molecular weight excluding hydrogens is 264 g/mol. The average Bonchev–Trinajstić information content (AvgIpc) is 3.21. The Morgan fingerprint density at radius 2 is 2.24 bits per heavy atom. The van der Waals surface area contributed by atoms with Crippen molar-refractivity contribution in [3.05, 3.63) is 12.4 Å². The Bertz CT molecular complexity index is 469. The molecule has 3 fully saturated rings. The largest absolute Gasteiger partial charge is 0.380 e. The molecule has 0 radical (unpaired) electrons. The first-order chi connectivity index (χ1) is 10.4. The molecule has 3 aliphatic heterocycles. The molecular formula is C16H26N4O. The van der Waals surface area contributed by atoms with E-state index in [0.29, 0.717) is 12.1 Å². The van der Waals surface area contributed by atoms with E-state index in [0.717, 1.165) is 19.2 Å². The molecule has 0 aromatic carbocycles. The van der Waals surface area contributed by atoms with Crippen molar-refractivity contribution in [3.8, 4) is 0 Å². The Hall–Kier alpha value is -1.07. The SMILES string of the molecule is c1nn(CC2CCCO2)cc1NC1CCN2CCCC2C1. The lowest BCUT2D eigenvalue weighted by molar-refractivity contribution is 0.0940. The zero-order valence-corrected chi connectivity index (χ0v) is 12.7. The maximum absolute atomic E-state index is 5.68. The first kappa shape index (κ1) is 13.6. The van der Waals surface area contributed by atoms with E-state index >= 15 is 0 Å². The lowest BCUT2D eigenvalue weighted by atomic mass is 9.97. The number of ether oxygens (including phenoxy) is 1. The van der Waals surface area contributed by atoms with E-state index < -0.39 is 0 Å². The van der Waals surface area contributed by atoms with E-state index in [4.69, 9.17) is 4.74 Å². The summed E-state index contributed by atoms with van der Waals surface area (Å²) in [6.07, 6.45) is 12.1. The summed E-state index contributed by atoms with van der Waals surface area (Å²) in [5.41, 5.74) is 1.17. The molecule has 0 saturated carbocycles. The van der Waals surface area contributed by atoms with E-state index in [2.05, 4.69) is 21.5 Å². The van der Waals surface area contributed by atoms with Crippen LogP contribution in [0.5, 0.6) is 0 Å². The van der Waals surface area contributed by atoms with Crippen LogP contribution in [0.3, 0.4) is 0 Å². The minimum atomic E-state index is 0.361. The van der Waals surface area contributed by atoms with Gasteiger partial charge in [0.05, 0.1) is 24.5 Å². The van der Waals surface area contributed by atoms with Gasteiger partial charge in [-0.2, -0.15) is 5.10 Å². The minimum absolute atomic E-state index is 0.361. The molecule has 4 rings (SSSR count). The van der Waals surface area contributed by atoms with E-state index in [9.17, 15) is 0 Å². The Balaban J connectivity index is 1.31. The molecule has 5 heteroatoms. The maximum Gasteiger partial charge on any atom is 0.0771 e. The summed E-state index contributed by atoms with van der Waals surface area (Å²) in [5.74, 6) is 0. The van der Waals surface area contributed by atoms with Crippen LogP contribution in [-0.4, -0.2) is 52.6 Å². The molecule has 3 saturated heterocycles. The van der Waals surface area contributed by atoms with Gasteiger partial charge < -0.3 is 15.0 Å². The number of piperidine rings is 1. The first-order valence-electron chi connectivity index (χ1n) is 8.51. The van der Waals surface area contributed by atoms with Crippen LogP contribution in [0.4, 0.5) is 5.69 Å². The van der Waals surface area contributed by atoms with Gasteiger partial charge in [-0.05, 0) is 45.1 Å². The summed E-state index contributed by atoms with van der Waals surface area (Å²) in [4.78, 5) is 2.67. The number of anilines is 1. The Labute approximate surface area is 126 Å². The smallest absolute Gasteiger partial charge is 0.0771 e. The fourth-order valence-electron chi connectivity index (χ4n) is 4.13. The molecule has 1 aromatic rings. The van der Waals surface area contributed by atoms with Crippen molar-refractivity contribution in [2.75, 3.05) is 25.0 Å². The van der Waals surface area contributed by atoms with Crippen LogP contribution >= 0.6 is 0 Å². The molecule has 3 aliphatic rings. The molecule has 5 nitrogen and oxygen atoms in total. The summed E-state index contributed by atoms with van der Waals surface area (Å²) in [6.45, 7) is 4.38. The van der Waals surface area contributed by atoms with E-state index in [1.165, 1.54) is 57.3 Å². The van der Waals surface area contributed by atoms with Crippen molar-refractivity contribution in [1.82, 2.24) is 14.7 Å². The van der Waals surface area contributed by atoms with Crippen LogP contribution in [0.25, 0.3) is 0 Å². The van der Waals surface area contributed by atoms with Gasteiger partial charge in [-0.25, -0.2) is 0 Å². The third-order valence-electron chi connectivity index (χ3n) is 5.24. The second kappa shape index (κ2) is 5.97. The summed E-state index contributed by atoms with van der Waals surface area (Å²) in [5, 5.41) is 8.16. The predicted octanol–water partition coefficient (Wildman–Crippen LogP) is 2.10. The van der Waals surface area contributed by atoms with Crippen molar-refractivity contribution in [2.24, 2.45) is 0 Å². The average molecular weight is 290 g/mol. The lowest BCUT2D eigenvalue weighted by Gasteiger charge is -2.35. The number of fused-ring (bicyclic) bond motifs is 1. The Morgan fingerprint density at radius 1 is 1.24 bits per heavy atom. The molecule has 3 unspecified atom stereocenters. The van der Waals surface area contributed by atoms with Crippen LogP contribution in [0.15, 0.2) is 12.4 Å². The number of rotatable bonds is 4. The Kier molecular flexibility index (Phi) is 3.86. The van der Waals surface area contributed by atoms with Gasteiger partial charge in [0, 0.05) is 31.4 Å². The fourth-order valence-corrected chi connectivity index (χ4v) is 4.13. The summed E-state index contributed by atoms with van der Waals surface area (Å²) in [6, 6.07) is 1.43. The van der Waals surface area contributed by atoms with E-state index in [1.807, 2.05) is 10.9 Å². The molecule has 0 aliphatic carbocycles. The second-order valence-corrected chi connectivity index (χ2v) is 6.78. The molecule has 0 spiro atoms. The number of nitrogens with one attached hydrogen (secondary N) is 1. The standard InChI is InChI=1S/C16H26N4O/c1-3-15-9-13(5-7-19(15)6-1)18-14-10-17-20(11-14)12-16-4-2-8-21-16/h10-11,13,15-16,18H,1-9,12H2. The van der Waals surface area contributed by atoms with Gasteiger partial charge in [-0.15, -0.1) is 0 Å². The monoisotopic (exact) mass is 290 g/mol. The van der Waals surface area contributed by atoms with Crippen molar-refractivity contribution in [3.63, 3.8) is 0 Å². The summed E-state index contributed by atoms with van der Waals surface area (Å²) in [7, 11) is 0. The summed E-state index contributed by atoms with van der Waals surface area (Å²) < 4.78 is 7.71. The second-order valence-electron chi connectivity index (χ2n) is 6.78. The van der Waals surface area contributed by atoms with Gasteiger partial charge >= 0.3 is 0 Å². The molecule has 116 valence electrons. The highest BCUT2D eigenvalue weighted by Crippen LogP contribution is 2.28. The molecule has 0 amide bonds. The van der Waals surface area contributed by atoms with Crippen molar-refractivity contribution < 1.29 is 4.74 Å². The van der Waals surface area contributed by atoms with E-state index in [-0.39, 0.29) is 0 Å². The van der Waals surface area contributed by atoms with Gasteiger partial charge in [0.2, 0.25) is 0 Å². The third kappa shape index (κ3) is 3.09. The molecule has 1 aromatic heterocycles. The van der Waals surface area contributed by atoms with Crippen LogP contribution in [0, 0.1) is 0 Å². The zero-order valence-electron chi connectivity index (χ0n) is 12.7. The van der Waals surface area contributed by atoms with Gasteiger partial charge in [0.1, 0.15) is 0 Å². The van der Waals surface area contributed by atoms with Crippen molar-refractivity contribution >= 4 is 5.69 Å². The van der Waals surface area contributed by atoms with Gasteiger partial charge in [-0.1, -0.05) is 0 Å². The third-order valence-corrected chi connectivity index (χ3v) is 5.24. The first-order valence-corrected chi connectivity index (χ1v) is 8.51. The van der Waals surface area contributed by atoms with Crippen molar-refractivity contribution in [1.29, 1.82) is 0 Å². The Morgan fingerprint density at radius 3 is 3.14 bits per heavy atom. The molecule has 3 atom stereocenters. The van der Waals surface area contributed by atoms with Crippen LogP contribution in [0.2, 0.25) is 0 Å². The summed E-state index contributed by atoms with van der Waals surface area (Å²) >= 11 is 0. The number of hydrogen-bond donors (Lipinski definition) is 1. The number of nitrogens with zero attached hydrogens (tertiary/aromatic N) is 3. The number of aromatic nitrogens is 2. The van der Waals surface area contributed by atoms with Gasteiger partial charge in [-0.3, -0.25) is 4.68 Å². The van der Waals surface area contributed by atoms with E-state index in [1.54, 1.807) is 0 Å². The van der Waals surface area contributed by atoms with Crippen LogP contribution in [-0.2, 0) is 11.3 Å². The number of hydrogen-bond acceptors (Lipinski definition) is 4. The highest BCUT2D eigenvalue weighted by Gasteiger charge is 2.31. The molecule has 1 N–H and O–H groups in total.